The molecule has 0 unspecified atom stereocenters. The lowest BCUT2D eigenvalue weighted by Crippen LogP contribution is -2.42. The van der Waals surface area contributed by atoms with Crippen LogP contribution in [0.4, 0.5) is 0 Å². The molecule has 0 aliphatic heterocycles. The molecule has 0 bridgehead atoms. The molecule has 1 fully saturated rings. The van der Waals surface area contributed by atoms with Crippen molar-refractivity contribution in [1.82, 2.24) is 5.32 Å². The molecule has 1 saturated carbocycles. The van der Waals surface area contributed by atoms with Crippen molar-refractivity contribution in [2.75, 3.05) is 6.61 Å². The highest BCUT2D eigenvalue weighted by Crippen LogP contribution is 2.23. The Morgan fingerprint density at radius 2 is 2.21 bits per heavy atom. The summed E-state index contributed by atoms with van der Waals surface area (Å²) in [5.41, 5.74) is 0. The number of amides is 1. The minimum atomic E-state index is -0.429. The highest BCUT2D eigenvalue weighted by molar-refractivity contribution is 7.11. The molecule has 2 atom stereocenters. The summed E-state index contributed by atoms with van der Waals surface area (Å²) < 4.78 is 4.98. The fourth-order valence-electron chi connectivity index (χ4n) is 2.38. The summed E-state index contributed by atoms with van der Waals surface area (Å²) in [5, 5.41) is 4.76. The third-order valence-electron chi connectivity index (χ3n) is 3.51. The monoisotopic (exact) mass is 281 g/mol. The minimum absolute atomic E-state index is 0.194. The molecular formula is C14H19NO3S. The van der Waals surface area contributed by atoms with Crippen LogP contribution in [-0.4, -0.2) is 24.5 Å². The van der Waals surface area contributed by atoms with Gasteiger partial charge in [0.25, 0.3) is 5.91 Å². The molecule has 0 spiro atoms. The lowest BCUT2D eigenvalue weighted by molar-refractivity contribution is -0.125. The van der Waals surface area contributed by atoms with E-state index in [0.717, 1.165) is 19.3 Å². The molecule has 104 valence electrons. The third-order valence-corrected chi connectivity index (χ3v) is 4.36. The number of carbonyl (C=O) groups excluding carboxylic acids is 2. The Balaban J connectivity index is 1.74. The van der Waals surface area contributed by atoms with E-state index in [1.54, 1.807) is 17.5 Å². The summed E-state index contributed by atoms with van der Waals surface area (Å²) in [6.07, 6.45) is 4.57. The normalized spacial score (nSPS) is 22.8. The maximum atomic E-state index is 11.7. The summed E-state index contributed by atoms with van der Waals surface area (Å²) in [7, 11) is 0. The second-order valence-electron chi connectivity index (χ2n) is 4.99. The van der Waals surface area contributed by atoms with Crippen LogP contribution >= 0.6 is 11.3 Å². The summed E-state index contributed by atoms with van der Waals surface area (Å²) in [6.45, 7) is 1.96. The molecular weight excluding hydrogens is 262 g/mol. The predicted octanol–water partition coefficient (Wildman–Crippen LogP) is 2.60. The number of rotatable bonds is 4. The van der Waals surface area contributed by atoms with Crippen LogP contribution in [0.25, 0.3) is 0 Å². The standard InChI is InChI=1S/C14H19NO3S/c1-10-5-2-3-6-11(10)15-13(16)9-18-14(17)12-7-4-8-19-12/h4,7-8,10-11H,2-3,5-6,9H2,1H3,(H,15,16)/t10-,11-/m1/s1. The topological polar surface area (TPSA) is 55.4 Å². The van der Waals surface area contributed by atoms with Gasteiger partial charge in [-0.3, -0.25) is 4.79 Å². The second-order valence-corrected chi connectivity index (χ2v) is 5.94. The molecule has 1 heterocycles. The van der Waals surface area contributed by atoms with Crippen molar-refractivity contribution < 1.29 is 14.3 Å². The molecule has 1 aromatic rings. The Morgan fingerprint density at radius 3 is 2.89 bits per heavy atom. The molecule has 19 heavy (non-hydrogen) atoms. The van der Waals surface area contributed by atoms with E-state index in [1.807, 2.05) is 0 Å². The van der Waals surface area contributed by atoms with Crippen LogP contribution in [0.2, 0.25) is 0 Å². The fourth-order valence-corrected chi connectivity index (χ4v) is 2.99. The van der Waals surface area contributed by atoms with Gasteiger partial charge in [0.05, 0.1) is 0 Å². The number of hydrogen-bond donors (Lipinski definition) is 1. The first-order valence-corrected chi connectivity index (χ1v) is 7.55. The van der Waals surface area contributed by atoms with Crippen LogP contribution in [0, 0.1) is 5.92 Å². The van der Waals surface area contributed by atoms with E-state index in [-0.39, 0.29) is 18.6 Å². The smallest absolute Gasteiger partial charge is 0.348 e. The van der Waals surface area contributed by atoms with E-state index in [2.05, 4.69) is 12.2 Å². The highest BCUT2D eigenvalue weighted by Gasteiger charge is 2.23. The van der Waals surface area contributed by atoms with E-state index in [9.17, 15) is 9.59 Å². The molecule has 0 radical (unpaired) electrons. The Bertz CT molecular complexity index is 430. The van der Waals surface area contributed by atoms with Crippen LogP contribution in [0.3, 0.4) is 0 Å². The van der Waals surface area contributed by atoms with E-state index >= 15 is 0 Å². The minimum Gasteiger partial charge on any atom is -0.451 e. The quantitative estimate of drug-likeness (QED) is 0.863. The summed E-state index contributed by atoms with van der Waals surface area (Å²) >= 11 is 1.31. The molecule has 4 nitrogen and oxygen atoms in total. The van der Waals surface area contributed by atoms with Gasteiger partial charge in [-0.1, -0.05) is 25.8 Å². The van der Waals surface area contributed by atoms with E-state index in [0.29, 0.717) is 10.8 Å². The fraction of sp³-hybridized carbons (Fsp3) is 0.571. The molecule has 0 saturated heterocycles. The van der Waals surface area contributed by atoms with Gasteiger partial charge in [0.1, 0.15) is 4.88 Å². The first kappa shape index (κ1) is 14.1. The molecule has 1 aliphatic rings. The van der Waals surface area contributed by atoms with E-state index in [1.165, 1.54) is 17.8 Å². The Morgan fingerprint density at radius 1 is 1.42 bits per heavy atom. The summed E-state index contributed by atoms with van der Waals surface area (Å²) in [5.74, 6) is -0.129. The van der Waals surface area contributed by atoms with Crippen LogP contribution in [0.5, 0.6) is 0 Å². The van der Waals surface area contributed by atoms with Crippen molar-refractivity contribution in [3.63, 3.8) is 0 Å². The van der Waals surface area contributed by atoms with Crippen LogP contribution in [-0.2, 0) is 9.53 Å². The van der Waals surface area contributed by atoms with Gasteiger partial charge in [-0.25, -0.2) is 4.79 Å². The van der Waals surface area contributed by atoms with Crippen molar-refractivity contribution in [3.8, 4) is 0 Å². The van der Waals surface area contributed by atoms with Crippen LogP contribution in [0.15, 0.2) is 17.5 Å². The number of ether oxygens (including phenoxy) is 1. The Hall–Kier alpha value is -1.36. The van der Waals surface area contributed by atoms with Gasteiger partial charge in [0, 0.05) is 6.04 Å². The number of thiophene rings is 1. The van der Waals surface area contributed by atoms with Gasteiger partial charge in [-0.05, 0) is 30.2 Å². The zero-order chi connectivity index (χ0) is 13.7. The summed E-state index contributed by atoms with van der Waals surface area (Å²) in [4.78, 5) is 23.8. The van der Waals surface area contributed by atoms with Crippen molar-refractivity contribution in [1.29, 1.82) is 0 Å². The average molecular weight is 281 g/mol. The number of hydrogen-bond acceptors (Lipinski definition) is 4. The maximum Gasteiger partial charge on any atom is 0.348 e. The first-order valence-electron chi connectivity index (χ1n) is 6.67. The molecule has 5 heteroatoms. The van der Waals surface area contributed by atoms with Crippen LogP contribution < -0.4 is 5.32 Å². The number of nitrogens with one attached hydrogen (secondary N) is 1. The molecule has 2 rings (SSSR count). The lowest BCUT2D eigenvalue weighted by atomic mass is 9.86. The maximum absolute atomic E-state index is 11.7. The van der Waals surface area contributed by atoms with E-state index in [4.69, 9.17) is 4.74 Å². The van der Waals surface area contributed by atoms with Gasteiger partial charge in [-0.15, -0.1) is 11.3 Å². The molecule has 1 amide bonds. The van der Waals surface area contributed by atoms with E-state index < -0.39 is 5.97 Å². The summed E-state index contributed by atoms with van der Waals surface area (Å²) in [6, 6.07) is 3.70. The highest BCUT2D eigenvalue weighted by atomic mass is 32.1. The number of carbonyl (C=O) groups is 2. The van der Waals surface area contributed by atoms with Crippen molar-refractivity contribution in [2.45, 2.75) is 38.6 Å². The SMILES string of the molecule is C[C@@H]1CCCC[C@H]1NC(=O)COC(=O)c1cccs1. The molecule has 1 aromatic heterocycles. The molecule has 0 aromatic carbocycles. The zero-order valence-corrected chi connectivity index (χ0v) is 11.9. The second kappa shape index (κ2) is 6.70. The number of esters is 1. The predicted molar refractivity (Wildman–Crippen MR) is 74.2 cm³/mol. The third kappa shape index (κ3) is 4.06. The van der Waals surface area contributed by atoms with Gasteiger partial charge in [-0.2, -0.15) is 0 Å². The Kier molecular flexibility index (Phi) is 4.96. The first-order chi connectivity index (χ1) is 9.16. The van der Waals surface area contributed by atoms with Crippen molar-refractivity contribution >= 4 is 23.2 Å². The van der Waals surface area contributed by atoms with Gasteiger partial charge < -0.3 is 10.1 Å². The van der Waals surface area contributed by atoms with Gasteiger partial charge in [0.15, 0.2) is 6.61 Å². The van der Waals surface area contributed by atoms with Gasteiger partial charge >= 0.3 is 5.97 Å². The molecule has 1 aliphatic carbocycles. The van der Waals surface area contributed by atoms with Crippen molar-refractivity contribution in [3.05, 3.63) is 22.4 Å². The largest absolute Gasteiger partial charge is 0.451 e. The average Bonchev–Trinajstić information content (AvgIpc) is 2.93. The van der Waals surface area contributed by atoms with Crippen LogP contribution in [0.1, 0.15) is 42.3 Å². The van der Waals surface area contributed by atoms with Crippen molar-refractivity contribution in [2.24, 2.45) is 5.92 Å². The molecule has 1 N–H and O–H groups in total. The zero-order valence-electron chi connectivity index (χ0n) is 11.1. The lowest BCUT2D eigenvalue weighted by Gasteiger charge is -2.29. The Labute approximate surface area is 117 Å². The van der Waals surface area contributed by atoms with Gasteiger partial charge in [0.2, 0.25) is 0 Å².